The normalized spacial score (nSPS) is 16.3. The van der Waals surface area contributed by atoms with Crippen LogP contribution >= 0.6 is 0 Å². The minimum absolute atomic E-state index is 0.509. The summed E-state index contributed by atoms with van der Waals surface area (Å²) in [5, 5.41) is 27.7. The molecule has 2 N–H and O–H groups in total. The Morgan fingerprint density at radius 1 is 0.634 bits per heavy atom. The Hall–Kier alpha value is -4.82. The zero-order valence-corrected chi connectivity index (χ0v) is 22.6. The zero-order valence-electron chi connectivity index (χ0n) is 22.6. The molecule has 1 aliphatic rings. The molecule has 0 saturated carbocycles. The van der Waals surface area contributed by atoms with Crippen molar-refractivity contribution in [1.82, 2.24) is 4.98 Å². The van der Waals surface area contributed by atoms with Gasteiger partial charge < -0.3 is 14.8 Å². The van der Waals surface area contributed by atoms with Crippen molar-refractivity contribution in [2.45, 2.75) is 5.54 Å². The van der Waals surface area contributed by atoms with Gasteiger partial charge in [0, 0.05) is 46.2 Å². The van der Waals surface area contributed by atoms with Crippen molar-refractivity contribution in [3.63, 3.8) is 0 Å². The zero-order chi connectivity index (χ0) is 28.3. The smallest absolute Gasteiger partial charge is 0.481 e. The van der Waals surface area contributed by atoms with Crippen LogP contribution in [-0.4, -0.2) is 39.6 Å². The fraction of sp³-hybridized carbons (Fsp3) is 0.0588. The molecule has 6 nitrogen and oxygen atoms in total. The fourth-order valence-corrected chi connectivity index (χ4v) is 5.74. The van der Waals surface area contributed by atoms with Gasteiger partial charge in [0.25, 0.3) is 0 Å². The second kappa shape index (κ2) is 11.0. The summed E-state index contributed by atoms with van der Waals surface area (Å²) in [6, 6.07) is 41.5. The average molecular weight is 538 g/mol. The van der Waals surface area contributed by atoms with E-state index in [1.807, 2.05) is 133 Å². The van der Waals surface area contributed by atoms with E-state index in [0.717, 1.165) is 33.4 Å². The lowest BCUT2D eigenvalue weighted by Crippen LogP contribution is -2.64. The molecule has 1 aliphatic heterocycles. The molecule has 0 amide bonds. The maximum atomic E-state index is 11.3. The molecule has 1 aromatic heterocycles. The first-order chi connectivity index (χ1) is 20.1. The van der Waals surface area contributed by atoms with Crippen molar-refractivity contribution in [1.29, 1.82) is 0 Å². The lowest BCUT2D eigenvalue weighted by molar-refractivity contribution is -0.845. The van der Waals surface area contributed by atoms with Gasteiger partial charge in [-0.3, -0.25) is 0 Å². The summed E-state index contributed by atoms with van der Waals surface area (Å²) in [6.45, 7) is 0. The molecule has 200 valence electrons. The van der Waals surface area contributed by atoms with Gasteiger partial charge in [0.1, 0.15) is 11.9 Å². The lowest BCUT2D eigenvalue weighted by atomic mass is 9.71. The standard InChI is InChI=1S/C34H29BN3O3/c1-41-33-22-21-28(25-36-33)26-17-19-27(20-18-26)32-23-24-38(37-32,35(39)40)34(29-11-5-2-6-12-29,30-13-7-3-8-14-30)31-15-9-4-10-16-31/h2-25,39-40H,1H3/q+1. The predicted molar refractivity (Wildman–Crippen MR) is 162 cm³/mol. The highest BCUT2D eigenvalue weighted by Crippen LogP contribution is 2.50. The highest BCUT2D eigenvalue weighted by atomic mass is 16.5. The number of quaternary nitrogens is 1. The van der Waals surface area contributed by atoms with Crippen LogP contribution in [-0.2, 0) is 5.54 Å². The van der Waals surface area contributed by atoms with Gasteiger partial charge in [0.15, 0.2) is 5.54 Å². The maximum Gasteiger partial charge on any atom is 0.788 e. The van der Waals surface area contributed by atoms with Crippen LogP contribution in [0.5, 0.6) is 5.88 Å². The minimum atomic E-state index is -1.87. The first-order valence-corrected chi connectivity index (χ1v) is 13.4. The maximum absolute atomic E-state index is 11.3. The molecule has 6 rings (SSSR count). The third-order valence-electron chi connectivity index (χ3n) is 7.66. The van der Waals surface area contributed by atoms with Gasteiger partial charge in [-0.1, -0.05) is 120 Å². The number of nitrogens with zero attached hydrogens (tertiary/aromatic N) is 3. The monoisotopic (exact) mass is 538 g/mol. The Morgan fingerprint density at radius 3 is 1.56 bits per heavy atom. The second-order valence-corrected chi connectivity index (χ2v) is 9.86. The molecule has 2 heterocycles. The van der Waals surface area contributed by atoms with Gasteiger partial charge in [-0.15, -0.1) is 0 Å². The van der Waals surface area contributed by atoms with E-state index in [4.69, 9.17) is 9.84 Å². The van der Waals surface area contributed by atoms with E-state index in [0.29, 0.717) is 11.6 Å². The molecule has 41 heavy (non-hydrogen) atoms. The highest BCUT2D eigenvalue weighted by Gasteiger charge is 2.64. The summed E-state index contributed by atoms with van der Waals surface area (Å²) in [4.78, 5) is 4.31. The molecule has 0 bridgehead atoms. The quantitative estimate of drug-likeness (QED) is 0.195. The van der Waals surface area contributed by atoms with Gasteiger partial charge in [0.05, 0.1) is 7.11 Å². The number of benzene rings is 4. The third-order valence-corrected chi connectivity index (χ3v) is 7.66. The van der Waals surface area contributed by atoms with Crippen LogP contribution in [0, 0.1) is 0 Å². The summed E-state index contributed by atoms with van der Waals surface area (Å²) in [6.07, 6.45) is 5.43. The Balaban J connectivity index is 1.53. The number of rotatable bonds is 8. The van der Waals surface area contributed by atoms with Crippen LogP contribution in [0.3, 0.4) is 0 Å². The largest absolute Gasteiger partial charge is 0.788 e. The second-order valence-electron chi connectivity index (χ2n) is 9.86. The molecule has 0 saturated heterocycles. The molecule has 0 aliphatic carbocycles. The van der Waals surface area contributed by atoms with E-state index in [1.165, 1.54) is 0 Å². The Bertz CT molecular complexity index is 1580. The number of methoxy groups -OCH3 is 1. The van der Waals surface area contributed by atoms with Crippen molar-refractivity contribution in [2.24, 2.45) is 5.10 Å². The topological polar surface area (TPSA) is 74.9 Å². The molecular weight excluding hydrogens is 509 g/mol. The molecular formula is C34H29BN3O3+. The SMILES string of the molecule is COc1ccc(-c2ccc(C3=N[N+](B(O)O)(C(c4ccccc4)(c4ccccc4)c4ccccc4)C=C3)cc2)cn1. The molecule has 1 unspecified atom stereocenters. The first-order valence-electron chi connectivity index (χ1n) is 13.4. The minimum Gasteiger partial charge on any atom is -0.481 e. The van der Waals surface area contributed by atoms with Crippen molar-refractivity contribution in [3.05, 3.63) is 168 Å². The predicted octanol–water partition coefficient (Wildman–Crippen LogP) is 5.77. The van der Waals surface area contributed by atoms with E-state index in [1.54, 1.807) is 19.5 Å². The average Bonchev–Trinajstić information content (AvgIpc) is 3.50. The Kier molecular flexibility index (Phi) is 7.07. The van der Waals surface area contributed by atoms with Crippen LogP contribution in [0.2, 0.25) is 0 Å². The van der Waals surface area contributed by atoms with Crippen LogP contribution in [0.1, 0.15) is 22.3 Å². The van der Waals surface area contributed by atoms with E-state index >= 15 is 0 Å². The van der Waals surface area contributed by atoms with E-state index in [2.05, 4.69) is 4.98 Å². The van der Waals surface area contributed by atoms with Crippen molar-refractivity contribution >= 4 is 13.0 Å². The highest BCUT2D eigenvalue weighted by molar-refractivity contribution is 6.33. The summed E-state index contributed by atoms with van der Waals surface area (Å²) >= 11 is 0. The molecule has 1 atom stereocenters. The molecule has 0 fully saturated rings. The van der Waals surface area contributed by atoms with E-state index < -0.39 is 17.3 Å². The number of ether oxygens (including phenoxy) is 1. The number of aromatic nitrogens is 1. The van der Waals surface area contributed by atoms with Crippen LogP contribution in [0.25, 0.3) is 11.1 Å². The number of allylic oxidation sites excluding steroid dienone is 1. The van der Waals surface area contributed by atoms with Gasteiger partial charge >= 0.3 is 7.25 Å². The van der Waals surface area contributed by atoms with Crippen molar-refractivity contribution in [2.75, 3.05) is 7.11 Å². The van der Waals surface area contributed by atoms with E-state index in [-0.39, 0.29) is 0 Å². The van der Waals surface area contributed by atoms with E-state index in [9.17, 15) is 10.0 Å². The van der Waals surface area contributed by atoms with Crippen molar-refractivity contribution in [3.8, 4) is 17.0 Å². The van der Waals surface area contributed by atoms with Gasteiger partial charge in [-0.2, -0.15) is 4.50 Å². The summed E-state index contributed by atoms with van der Waals surface area (Å²) in [5.41, 5.74) is 4.99. The van der Waals surface area contributed by atoms with Crippen LogP contribution in [0.4, 0.5) is 0 Å². The molecule has 0 spiro atoms. The van der Waals surface area contributed by atoms with Gasteiger partial charge in [-0.25, -0.2) is 4.98 Å². The number of hydrogen-bond acceptors (Lipinski definition) is 5. The van der Waals surface area contributed by atoms with Crippen molar-refractivity contribution < 1.29 is 19.3 Å². The fourth-order valence-electron chi connectivity index (χ4n) is 5.74. The van der Waals surface area contributed by atoms with Crippen LogP contribution in [0.15, 0.2) is 151 Å². The molecule has 5 aromatic rings. The Labute approximate surface area is 239 Å². The first kappa shape index (κ1) is 26.4. The Morgan fingerprint density at radius 2 is 1.12 bits per heavy atom. The lowest BCUT2D eigenvalue weighted by Gasteiger charge is -2.46. The number of hydrogen-bond donors (Lipinski definition) is 2. The summed E-state index contributed by atoms with van der Waals surface area (Å²) in [5.74, 6) is 0.561. The van der Waals surface area contributed by atoms with Gasteiger partial charge in [0.2, 0.25) is 5.88 Å². The summed E-state index contributed by atoms with van der Waals surface area (Å²) in [7, 11) is -0.273. The molecule has 4 aromatic carbocycles. The third kappa shape index (κ3) is 4.46. The summed E-state index contributed by atoms with van der Waals surface area (Å²) < 4.78 is 4.67. The van der Waals surface area contributed by atoms with Gasteiger partial charge in [-0.05, 0) is 11.6 Å². The number of pyridine rings is 1. The van der Waals surface area contributed by atoms with Crippen LogP contribution < -0.4 is 4.74 Å². The molecule has 7 heteroatoms. The molecule has 0 radical (unpaired) electrons.